The second-order valence-corrected chi connectivity index (χ2v) is 5.98. The summed E-state index contributed by atoms with van der Waals surface area (Å²) in [4.78, 5) is 26.3. The molecule has 0 saturated carbocycles. The summed E-state index contributed by atoms with van der Waals surface area (Å²) in [7, 11) is 0. The third-order valence-electron chi connectivity index (χ3n) is 4.03. The highest BCUT2D eigenvalue weighted by Crippen LogP contribution is 2.25. The van der Waals surface area contributed by atoms with Crippen LogP contribution in [0.2, 0.25) is 0 Å². The van der Waals surface area contributed by atoms with Crippen LogP contribution >= 0.6 is 0 Å². The molecule has 1 fully saturated rings. The molecule has 0 spiro atoms. The average Bonchev–Trinajstić information content (AvgIpc) is 2.46. The maximum absolute atomic E-state index is 12.6. The van der Waals surface area contributed by atoms with Crippen LogP contribution in [0, 0.1) is 0 Å². The predicted molar refractivity (Wildman–Crippen MR) is 84.3 cm³/mol. The van der Waals surface area contributed by atoms with Gasteiger partial charge < -0.3 is 5.32 Å². The van der Waals surface area contributed by atoms with Gasteiger partial charge in [0.25, 0.3) is 0 Å². The van der Waals surface area contributed by atoms with E-state index in [1.165, 1.54) is 5.56 Å². The van der Waals surface area contributed by atoms with Crippen LogP contribution in [0.15, 0.2) is 24.3 Å². The minimum atomic E-state index is -0.462. The van der Waals surface area contributed by atoms with Gasteiger partial charge in [0.15, 0.2) is 0 Å². The Labute approximate surface area is 126 Å². The maximum Gasteiger partial charge on any atom is 0.250 e. The molecule has 0 aromatic heterocycles. The number of carbonyl (C=O) groups is 2. The number of amides is 2. The van der Waals surface area contributed by atoms with Gasteiger partial charge in [0, 0.05) is 5.69 Å². The van der Waals surface area contributed by atoms with Crippen molar-refractivity contribution in [2.75, 3.05) is 4.90 Å². The second-order valence-electron chi connectivity index (χ2n) is 5.98. The largest absolute Gasteiger partial charge is 0.342 e. The number of nitrogens with zero attached hydrogens (tertiary/aromatic N) is 1. The van der Waals surface area contributed by atoms with Gasteiger partial charge in [-0.2, -0.15) is 0 Å². The van der Waals surface area contributed by atoms with Gasteiger partial charge in [-0.3, -0.25) is 14.5 Å². The molecule has 2 atom stereocenters. The molecule has 114 valence electrons. The minimum Gasteiger partial charge on any atom is -0.342 e. The molecule has 2 rings (SSSR count). The molecule has 1 N–H and O–H groups in total. The van der Waals surface area contributed by atoms with E-state index < -0.39 is 12.1 Å². The summed E-state index contributed by atoms with van der Waals surface area (Å²) in [5.41, 5.74) is 2.03. The molecule has 4 nitrogen and oxygen atoms in total. The predicted octanol–water partition coefficient (Wildman–Crippen LogP) is 2.83. The van der Waals surface area contributed by atoms with E-state index in [0.29, 0.717) is 12.3 Å². The average molecular weight is 288 g/mol. The van der Waals surface area contributed by atoms with E-state index in [4.69, 9.17) is 0 Å². The molecule has 1 saturated heterocycles. The van der Waals surface area contributed by atoms with Crippen LogP contribution in [-0.2, 0) is 9.59 Å². The number of nitrogens with one attached hydrogen (secondary N) is 1. The fourth-order valence-electron chi connectivity index (χ4n) is 2.69. The molecule has 0 aliphatic carbocycles. The van der Waals surface area contributed by atoms with E-state index in [-0.39, 0.29) is 11.8 Å². The van der Waals surface area contributed by atoms with Crippen molar-refractivity contribution < 1.29 is 9.59 Å². The van der Waals surface area contributed by atoms with Gasteiger partial charge >= 0.3 is 0 Å². The Morgan fingerprint density at radius 3 is 2.33 bits per heavy atom. The smallest absolute Gasteiger partial charge is 0.250 e. The summed E-state index contributed by atoms with van der Waals surface area (Å²) in [5.74, 6) is 0.354. The van der Waals surface area contributed by atoms with Gasteiger partial charge in [-0.25, -0.2) is 0 Å². The molecular weight excluding hydrogens is 264 g/mol. The van der Waals surface area contributed by atoms with E-state index in [9.17, 15) is 9.59 Å². The molecule has 4 heteroatoms. The molecule has 1 aliphatic heterocycles. The molecule has 0 radical (unpaired) electrons. The molecule has 1 aromatic rings. The first-order chi connectivity index (χ1) is 9.95. The zero-order chi connectivity index (χ0) is 15.6. The molecule has 0 bridgehead atoms. The van der Waals surface area contributed by atoms with Crippen LogP contribution in [0.1, 0.15) is 52.0 Å². The highest BCUT2D eigenvalue weighted by molar-refractivity contribution is 6.08. The molecule has 1 heterocycles. The van der Waals surface area contributed by atoms with E-state index >= 15 is 0 Å². The van der Waals surface area contributed by atoms with Gasteiger partial charge in [0.1, 0.15) is 12.1 Å². The molecule has 2 amide bonds. The number of benzene rings is 1. The number of hydrogen-bond acceptors (Lipinski definition) is 2. The van der Waals surface area contributed by atoms with E-state index in [1.54, 1.807) is 11.8 Å². The quantitative estimate of drug-likeness (QED) is 0.926. The zero-order valence-electron chi connectivity index (χ0n) is 13.2. The highest BCUT2D eigenvalue weighted by Gasteiger charge is 2.38. The van der Waals surface area contributed by atoms with Crippen molar-refractivity contribution in [1.29, 1.82) is 0 Å². The Morgan fingerprint density at radius 1 is 1.19 bits per heavy atom. The Morgan fingerprint density at radius 2 is 1.81 bits per heavy atom. The molecule has 1 aliphatic rings. The van der Waals surface area contributed by atoms with Gasteiger partial charge in [-0.05, 0) is 37.0 Å². The van der Waals surface area contributed by atoms with Crippen molar-refractivity contribution in [3.63, 3.8) is 0 Å². The van der Waals surface area contributed by atoms with E-state index in [1.807, 2.05) is 31.2 Å². The Hall–Kier alpha value is -1.84. The number of rotatable bonds is 4. The van der Waals surface area contributed by atoms with E-state index in [2.05, 4.69) is 19.2 Å². The number of piperazine rings is 1. The van der Waals surface area contributed by atoms with Crippen LogP contribution < -0.4 is 10.2 Å². The van der Waals surface area contributed by atoms with Crippen LogP contribution in [0.4, 0.5) is 5.69 Å². The van der Waals surface area contributed by atoms with Crippen LogP contribution in [0.5, 0.6) is 0 Å². The van der Waals surface area contributed by atoms with Gasteiger partial charge in [-0.15, -0.1) is 0 Å². The van der Waals surface area contributed by atoms with Crippen molar-refractivity contribution in [3.05, 3.63) is 29.8 Å². The first-order valence-corrected chi connectivity index (χ1v) is 7.69. The first-order valence-electron chi connectivity index (χ1n) is 7.69. The second kappa shape index (κ2) is 6.29. The van der Waals surface area contributed by atoms with Crippen LogP contribution in [-0.4, -0.2) is 23.9 Å². The summed E-state index contributed by atoms with van der Waals surface area (Å²) < 4.78 is 0. The zero-order valence-corrected chi connectivity index (χ0v) is 13.2. The summed E-state index contributed by atoms with van der Waals surface area (Å²) in [6, 6.07) is 7.07. The lowest BCUT2D eigenvalue weighted by Gasteiger charge is -2.37. The summed E-state index contributed by atoms with van der Waals surface area (Å²) in [6.45, 7) is 8.05. The number of carbonyl (C=O) groups excluding carboxylic acids is 2. The molecule has 1 aromatic carbocycles. The molecule has 21 heavy (non-hydrogen) atoms. The fourth-order valence-corrected chi connectivity index (χ4v) is 2.69. The number of anilines is 1. The standard InChI is InChI=1S/C17H24N2O2/c1-5-6-15-17(21)19(12(4)16(20)18-15)14-9-7-13(8-10-14)11(2)3/h7-12,15H,5-6H2,1-4H3,(H,18,20). The van der Waals surface area contributed by atoms with Crippen molar-refractivity contribution in [2.45, 2.75) is 58.5 Å². The van der Waals surface area contributed by atoms with Crippen molar-refractivity contribution in [2.24, 2.45) is 0 Å². The van der Waals surface area contributed by atoms with Crippen molar-refractivity contribution in [3.8, 4) is 0 Å². The fraction of sp³-hybridized carbons (Fsp3) is 0.529. The third-order valence-corrected chi connectivity index (χ3v) is 4.03. The van der Waals surface area contributed by atoms with Gasteiger partial charge in [0.05, 0.1) is 0 Å². The molecular formula is C17H24N2O2. The van der Waals surface area contributed by atoms with Gasteiger partial charge in [0.2, 0.25) is 11.8 Å². The minimum absolute atomic E-state index is 0.0127. The Balaban J connectivity index is 2.30. The summed E-state index contributed by atoms with van der Waals surface area (Å²) in [6.07, 6.45) is 1.54. The van der Waals surface area contributed by atoms with Crippen molar-refractivity contribution >= 4 is 17.5 Å². The molecule has 2 unspecified atom stereocenters. The van der Waals surface area contributed by atoms with Crippen LogP contribution in [0.25, 0.3) is 0 Å². The van der Waals surface area contributed by atoms with E-state index in [0.717, 1.165) is 12.1 Å². The first kappa shape index (κ1) is 15.5. The summed E-state index contributed by atoms with van der Waals surface area (Å²) in [5, 5.41) is 2.82. The Bertz CT molecular complexity index is 522. The maximum atomic E-state index is 12.6. The topological polar surface area (TPSA) is 49.4 Å². The van der Waals surface area contributed by atoms with Crippen LogP contribution in [0.3, 0.4) is 0 Å². The normalized spacial score (nSPS) is 22.6. The lowest BCUT2D eigenvalue weighted by Crippen LogP contribution is -2.62. The lowest BCUT2D eigenvalue weighted by molar-refractivity contribution is -0.133. The highest BCUT2D eigenvalue weighted by atomic mass is 16.2. The third kappa shape index (κ3) is 3.09. The SMILES string of the molecule is CCCC1NC(=O)C(C)N(c2ccc(C(C)C)cc2)C1=O. The van der Waals surface area contributed by atoms with Gasteiger partial charge in [-0.1, -0.05) is 39.3 Å². The number of hydrogen-bond donors (Lipinski definition) is 1. The summed E-state index contributed by atoms with van der Waals surface area (Å²) >= 11 is 0. The monoisotopic (exact) mass is 288 g/mol. The lowest BCUT2D eigenvalue weighted by atomic mass is 10.0. The van der Waals surface area contributed by atoms with Crippen molar-refractivity contribution in [1.82, 2.24) is 5.32 Å². The Kier molecular flexibility index (Phi) is 4.66.